The Morgan fingerprint density at radius 1 is 0.310 bits per heavy atom. The van der Waals surface area contributed by atoms with Gasteiger partial charge in [-0.2, -0.15) is 5.26 Å². The molecule has 1 heteroatoms. The van der Waals surface area contributed by atoms with Crippen LogP contribution in [0.5, 0.6) is 0 Å². The molecule has 0 spiro atoms. The minimum absolute atomic E-state index is 0.675. The minimum atomic E-state index is 0.675. The van der Waals surface area contributed by atoms with E-state index in [1.54, 1.807) is 0 Å². The molecule has 0 amide bonds. The summed E-state index contributed by atoms with van der Waals surface area (Å²) in [5.41, 5.74) is 12.6. The van der Waals surface area contributed by atoms with Gasteiger partial charge in [0.1, 0.15) is 0 Å². The van der Waals surface area contributed by atoms with E-state index in [2.05, 4.69) is 146 Å². The second kappa shape index (κ2) is 11.0. The summed E-state index contributed by atoms with van der Waals surface area (Å²) in [6.07, 6.45) is 0. The quantitative estimate of drug-likeness (QED) is 0.216. The van der Waals surface area contributed by atoms with Gasteiger partial charge in [0.15, 0.2) is 0 Å². The van der Waals surface area contributed by atoms with Crippen molar-refractivity contribution in [3.63, 3.8) is 0 Å². The Bertz CT molecular complexity index is 2070. The fourth-order valence-corrected chi connectivity index (χ4v) is 5.67. The van der Waals surface area contributed by atoms with Gasteiger partial charge < -0.3 is 0 Å². The summed E-state index contributed by atoms with van der Waals surface area (Å²) in [5, 5.41) is 11.5. The summed E-state index contributed by atoms with van der Waals surface area (Å²) >= 11 is 0. The molecule has 0 bridgehead atoms. The smallest absolute Gasteiger partial charge is 0.0991 e. The Labute approximate surface area is 246 Å². The molecule has 0 saturated carbocycles. The Morgan fingerprint density at radius 3 is 1.45 bits per heavy atom. The average molecular weight is 534 g/mol. The third kappa shape index (κ3) is 4.99. The van der Waals surface area contributed by atoms with Crippen molar-refractivity contribution in [2.45, 2.75) is 0 Å². The molecule has 0 saturated heterocycles. The second-order valence-electron chi connectivity index (χ2n) is 10.5. The molecule has 0 fully saturated rings. The van der Waals surface area contributed by atoms with Crippen LogP contribution < -0.4 is 0 Å². The maximum absolute atomic E-state index is 9.11. The second-order valence-corrected chi connectivity index (χ2v) is 10.5. The molecule has 196 valence electrons. The van der Waals surface area contributed by atoms with Crippen LogP contribution in [0.15, 0.2) is 164 Å². The fourth-order valence-electron chi connectivity index (χ4n) is 5.67. The van der Waals surface area contributed by atoms with Gasteiger partial charge >= 0.3 is 0 Å². The zero-order valence-electron chi connectivity index (χ0n) is 23.0. The lowest BCUT2D eigenvalue weighted by Crippen LogP contribution is -1.89. The lowest BCUT2D eigenvalue weighted by atomic mass is 9.89. The molecule has 0 aliphatic heterocycles. The van der Waals surface area contributed by atoms with Gasteiger partial charge in [-0.05, 0) is 103 Å². The van der Waals surface area contributed by atoms with Crippen LogP contribution in [-0.4, -0.2) is 0 Å². The number of benzene rings is 7. The molecule has 7 aromatic carbocycles. The SMILES string of the molecule is N#Cc1ccc(-c2ccc3cc(-c4cccc(-c5ccc(-c6ccccc6)cc5-c5ccccc5)c4)ccc3c2)cc1. The van der Waals surface area contributed by atoms with E-state index in [9.17, 15) is 0 Å². The standard InChI is InChI=1S/C41H27N/c42-28-29-14-16-31(17-15-29)34-18-19-37-25-35(20-21-36(37)24-34)33-12-7-13-39(26-33)40-23-22-38(30-8-3-1-4-9-30)27-41(40)32-10-5-2-6-11-32/h1-27H. The molecule has 7 rings (SSSR count). The van der Waals surface area contributed by atoms with Crippen LogP contribution in [0.25, 0.3) is 66.4 Å². The Balaban J connectivity index is 1.26. The Morgan fingerprint density at radius 2 is 0.786 bits per heavy atom. The molecule has 0 aliphatic rings. The summed E-state index contributed by atoms with van der Waals surface area (Å²) in [4.78, 5) is 0. The molecule has 1 nitrogen and oxygen atoms in total. The normalized spacial score (nSPS) is 10.8. The number of nitrogens with zero attached hydrogens (tertiary/aromatic N) is 1. The highest BCUT2D eigenvalue weighted by Crippen LogP contribution is 2.37. The lowest BCUT2D eigenvalue weighted by molar-refractivity contribution is 1.48. The van der Waals surface area contributed by atoms with Gasteiger partial charge in [0, 0.05) is 0 Å². The molecule has 42 heavy (non-hydrogen) atoms. The molecule has 0 radical (unpaired) electrons. The predicted octanol–water partition coefficient (Wildman–Crippen LogP) is 11.0. The van der Waals surface area contributed by atoms with Gasteiger partial charge in [-0.3, -0.25) is 0 Å². The summed E-state index contributed by atoms with van der Waals surface area (Å²) in [7, 11) is 0. The zero-order valence-corrected chi connectivity index (χ0v) is 23.0. The van der Waals surface area contributed by atoms with E-state index in [1.807, 2.05) is 24.3 Å². The lowest BCUT2D eigenvalue weighted by Gasteiger charge is -2.14. The van der Waals surface area contributed by atoms with Crippen LogP contribution in [0.4, 0.5) is 0 Å². The molecule has 0 atom stereocenters. The number of fused-ring (bicyclic) bond motifs is 1. The van der Waals surface area contributed by atoms with E-state index in [0.29, 0.717) is 5.56 Å². The number of nitriles is 1. The van der Waals surface area contributed by atoms with Crippen molar-refractivity contribution in [1.29, 1.82) is 5.26 Å². The van der Waals surface area contributed by atoms with E-state index < -0.39 is 0 Å². The van der Waals surface area contributed by atoms with Crippen LogP contribution in [0.2, 0.25) is 0 Å². The highest BCUT2D eigenvalue weighted by Gasteiger charge is 2.11. The van der Waals surface area contributed by atoms with Crippen molar-refractivity contribution >= 4 is 10.8 Å². The largest absolute Gasteiger partial charge is 0.192 e. The first kappa shape index (κ1) is 25.3. The van der Waals surface area contributed by atoms with Crippen molar-refractivity contribution in [3.8, 4) is 61.7 Å². The van der Waals surface area contributed by atoms with Gasteiger partial charge in [-0.1, -0.05) is 127 Å². The Kier molecular flexibility index (Phi) is 6.65. The number of hydrogen-bond acceptors (Lipinski definition) is 1. The first-order valence-corrected chi connectivity index (χ1v) is 14.2. The van der Waals surface area contributed by atoms with Crippen molar-refractivity contribution in [2.75, 3.05) is 0 Å². The summed E-state index contributed by atoms with van der Waals surface area (Å²) in [6, 6.07) is 60.1. The Hall–Kier alpha value is -5.71. The van der Waals surface area contributed by atoms with Crippen molar-refractivity contribution in [1.82, 2.24) is 0 Å². The molecular weight excluding hydrogens is 506 g/mol. The van der Waals surface area contributed by atoms with Crippen LogP contribution >= 0.6 is 0 Å². The van der Waals surface area contributed by atoms with Gasteiger partial charge in [-0.15, -0.1) is 0 Å². The van der Waals surface area contributed by atoms with Gasteiger partial charge in [0.25, 0.3) is 0 Å². The molecule has 0 N–H and O–H groups in total. The zero-order chi connectivity index (χ0) is 28.3. The van der Waals surface area contributed by atoms with E-state index in [1.165, 1.54) is 55.3 Å². The van der Waals surface area contributed by atoms with E-state index in [-0.39, 0.29) is 0 Å². The van der Waals surface area contributed by atoms with E-state index >= 15 is 0 Å². The average Bonchev–Trinajstić information content (AvgIpc) is 3.08. The van der Waals surface area contributed by atoms with E-state index in [0.717, 1.165) is 11.1 Å². The summed E-state index contributed by atoms with van der Waals surface area (Å²) in [5.74, 6) is 0. The summed E-state index contributed by atoms with van der Waals surface area (Å²) in [6.45, 7) is 0. The molecule has 0 aromatic heterocycles. The third-order valence-corrected chi connectivity index (χ3v) is 7.91. The number of rotatable bonds is 5. The van der Waals surface area contributed by atoms with Gasteiger partial charge in [-0.25, -0.2) is 0 Å². The fraction of sp³-hybridized carbons (Fsp3) is 0. The maximum atomic E-state index is 9.11. The van der Waals surface area contributed by atoms with E-state index in [4.69, 9.17) is 5.26 Å². The molecule has 0 heterocycles. The molecule has 0 unspecified atom stereocenters. The maximum Gasteiger partial charge on any atom is 0.0991 e. The van der Waals surface area contributed by atoms with Crippen LogP contribution in [0.1, 0.15) is 5.56 Å². The minimum Gasteiger partial charge on any atom is -0.192 e. The van der Waals surface area contributed by atoms with Crippen LogP contribution in [0.3, 0.4) is 0 Å². The van der Waals surface area contributed by atoms with Crippen molar-refractivity contribution in [2.24, 2.45) is 0 Å². The van der Waals surface area contributed by atoms with Crippen LogP contribution in [-0.2, 0) is 0 Å². The third-order valence-electron chi connectivity index (χ3n) is 7.91. The molecular formula is C41H27N. The number of hydrogen-bond donors (Lipinski definition) is 0. The van der Waals surface area contributed by atoms with Gasteiger partial charge in [0.05, 0.1) is 11.6 Å². The predicted molar refractivity (Wildman–Crippen MR) is 176 cm³/mol. The highest BCUT2D eigenvalue weighted by molar-refractivity contribution is 5.92. The summed E-state index contributed by atoms with van der Waals surface area (Å²) < 4.78 is 0. The monoisotopic (exact) mass is 533 g/mol. The highest BCUT2D eigenvalue weighted by atomic mass is 14.2. The first-order chi connectivity index (χ1) is 20.7. The molecule has 7 aromatic rings. The van der Waals surface area contributed by atoms with Crippen molar-refractivity contribution < 1.29 is 0 Å². The first-order valence-electron chi connectivity index (χ1n) is 14.2. The van der Waals surface area contributed by atoms with Crippen LogP contribution in [0, 0.1) is 11.3 Å². The van der Waals surface area contributed by atoms with Crippen molar-refractivity contribution in [3.05, 3.63) is 169 Å². The molecule has 0 aliphatic carbocycles. The topological polar surface area (TPSA) is 23.8 Å². The van der Waals surface area contributed by atoms with Gasteiger partial charge in [0.2, 0.25) is 0 Å².